The van der Waals surface area contributed by atoms with Crippen molar-refractivity contribution in [1.29, 1.82) is 0 Å². The Kier molecular flexibility index (Phi) is 6.12. The first-order valence-electron chi connectivity index (χ1n) is 8.21. The van der Waals surface area contributed by atoms with Gasteiger partial charge in [0.25, 0.3) is 0 Å². The van der Waals surface area contributed by atoms with Gasteiger partial charge in [-0.05, 0) is 35.9 Å². The zero-order valence-electron chi connectivity index (χ0n) is 14.2. The van der Waals surface area contributed by atoms with Crippen molar-refractivity contribution < 1.29 is 9.59 Å². The summed E-state index contributed by atoms with van der Waals surface area (Å²) in [6.07, 6.45) is 0. The number of nitrogens with one attached hydrogen (secondary N) is 1. The molecule has 0 unspecified atom stereocenters. The number of carbonyl (C=O) groups excluding carboxylic acids is 2. The molecule has 0 heterocycles. The molecule has 0 aliphatic heterocycles. The van der Waals surface area contributed by atoms with Gasteiger partial charge in [0, 0.05) is 11.4 Å². The van der Waals surface area contributed by atoms with E-state index < -0.39 is 11.8 Å². The Hall–Kier alpha value is -2.82. The normalized spacial score (nSPS) is 10.3. The lowest BCUT2D eigenvalue weighted by Crippen LogP contribution is -2.39. The summed E-state index contributed by atoms with van der Waals surface area (Å²) >= 11 is 11.8. The van der Waals surface area contributed by atoms with Crippen LogP contribution >= 0.6 is 23.2 Å². The zero-order valence-corrected chi connectivity index (χ0v) is 15.7. The number of amides is 2. The average Bonchev–Trinajstić information content (AvgIpc) is 2.70. The van der Waals surface area contributed by atoms with Crippen LogP contribution in [0.3, 0.4) is 0 Å². The molecule has 4 nitrogen and oxygen atoms in total. The number of carbonyl (C=O) groups is 2. The zero-order chi connectivity index (χ0) is 19.2. The monoisotopic (exact) mass is 398 g/mol. The lowest BCUT2D eigenvalue weighted by atomic mass is 10.2. The molecule has 3 aromatic rings. The summed E-state index contributed by atoms with van der Waals surface area (Å²) in [7, 11) is 0. The second-order valence-corrected chi connectivity index (χ2v) is 6.61. The van der Waals surface area contributed by atoms with Crippen molar-refractivity contribution in [2.45, 2.75) is 6.54 Å². The number of nitrogens with zero attached hydrogens (tertiary/aromatic N) is 1. The Bertz CT molecular complexity index is 947. The number of para-hydroxylation sites is 1. The molecule has 0 fully saturated rings. The van der Waals surface area contributed by atoms with E-state index in [1.807, 2.05) is 48.5 Å². The van der Waals surface area contributed by atoms with Gasteiger partial charge < -0.3 is 5.32 Å². The average molecular weight is 399 g/mol. The maximum absolute atomic E-state index is 12.9. The van der Waals surface area contributed by atoms with Crippen molar-refractivity contribution in [3.63, 3.8) is 0 Å². The van der Waals surface area contributed by atoms with Crippen LogP contribution in [-0.4, -0.2) is 11.8 Å². The summed E-state index contributed by atoms with van der Waals surface area (Å²) < 4.78 is 0. The molecule has 0 saturated carbocycles. The largest absolute Gasteiger partial charge is 0.318 e. The van der Waals surface area contributed by atoms with Crippen LogP contribution in [0.4, 0.5) is 11.4 Å². The first kappa shape index (κ1) is 19.0. The van der Waals surface area contributed by atoms with Crippen LogP contribution in [0.25, 0.3) is 0 Å². The van der Waals surface area contributed by atoms with Crippen molar-refractivity contribution in [3.8, 4) is 0 Å². The van der Waals surface area contributed by atoms with Gasteiger partial charge in [0.15, 0.2) is 0 Å². The lowest BCUT2D eigenvalue weighted by molar-refractivity contribution is -0.134. The molecule has 0 spiro atoms. The van der Waals surface area contributed by atoms with E-state index in [9.17, 15) is 9.59 Å². The van der Waals surface area contributed by atoms with Crippen LogP contribution in [-0.2, 0) is 16.1 Å². The fourth-order valence-corrected chi connectivity index (χ4v) is 2.83. The molecule has 0 radical (unpaired) electrons. The van der Waals surface area contributed by atoms with Gasteiger partial charge in [-0.25, -0.2) is 0 Å². The summed E-state index contributed by atoms with van der Waals surface area (Å²) in [5.74, 6) is -1.43. The minimum Gasteiger partial charge on any atom is -0.318 e. The molecule has 0 aliphatic carbocycles. The quantitative estimate of drug-likeness (QED) is 0.616. The first-order valence-corrected chi connectivity index (χ1v) is 8.97. The van der Waals surface area contributed by atoms with E-state index in [4.69, 9.17) is 23.2 Å². The van der Waals surface area contributed by atoms with E-state index in [-0.39, 0.29) is 6.54 Å². The van der Waals surface area contributed by atoms with E-state index >= 15 is 0 Å². The molecule has 0 aromatic heterocycles. The molecule has 0 aliphatic rings. The molecule has 6 heteroatoms. The molecule has 27 heavy (non-hydrogen) atoms. The minimum atomic E-state index is -0.756. The third kappa shape index (κ3) is 4.88. The highest BCUT2D eigenvalue weighted by Crippen LogP contribution is 2.25. The Labute approximate surface area is 167 Å². The number of benzene rings is 3. The van der Waals surface area contributed by atoms with E-state index in [2.05, 4.69) is 5.32 Å². The summed E-state index contributed by atoms with van der Waals surface area (Å²) in [6, 6.07) is 23.2. The highest BCUT2D eigenvalue weighted by Gasteiger charge is 2.24. The number of halogens is 2. The molecule has 1 N–H and O–H groups in total. The maximum Gasteiger partial charge on any atom is 0.316 e. The van der Waals surface area contributed by atoms with Gasteiger partial charge in [-0.1, -0.05) is 71.7 Å². The Balaban J connectivity index is 1.83. The molecule has 2 amide bonds. The smallest absolute Gasteiger partial charge is 0.316 e. The Morgan fingerprint density at radius 2 is 1.44 bits per heavy atom. The van der Waals surface area contributed by atoms with Crippen LogP contribution in [0.15, 0.2) is 78.9 Å². The number of anilines is 2. The third-order valence-electron chi connectivity index (χ3n) is 3.87. The second-order valence-electron chi connectivity index (χ2n) is 5.80. The fraction of sp³-hybridized carbons (Fsp3) is 0.0476. The Morgan fingerprint density at radius 3 is 2.07 bits per heavy atom. The minimum absolute atomic E-state index is 0.276. The van der Waals surface area contributed by atoms with Gasteiger partial charge in [0.05, 0.1) is 16.6 Å². The van der Waals surface area contributed by atoms with Crippen molar-refractivity contribution >= 4 is 46.4 Å². The summed E-state index contributed by atoms with van der Waals surface area (Å²) in [6.45, 7) is 0.276. The van der Waals surface area contributed by atoms with Crippen LogP contribution in [0.5, 0.6) is 0 Å². The first-order chi connectivity index (χ1) is 13.0. The fourth-order valence-electron chi connectivity index (χ4n) is 2.54. The lowest BCUT2D eigenvalue weighted by Gasteiger charge is -2.22. The number of hydrogen-bond donors (Lipinski definition) is 1. The van der Waals surface area contributed by atoms with E-state index in [0.717, 1.165) is 5.56 Å². The molecule has 0 bridgehead atoms. The molecule has 3 rings (SSSR count). The number of rotatable bonds is 4. The predicted molar refractivity (Wildman–Crippen MR) is 109 cm³/mol. The van der Waals surface area contributed by atoms with E-state index in [0.29, 0.717) is 21.4 Å². The van der Waals surface area contributed by atoms with Crippen LogP contribution in [0, 0.1) is 0 Å². The van der Waals surface area contributed by atoms with Gasteiger partial charge in [-0.15, -0.1) is 0 Å². The number of hydrogen-bond acceptors (Lipinski definition) is 2. The standard InChI is InChI=1S/C21H16Cl2N2O2/c22-18-12-11-16(13-19(18)23)24-20(26)21(27)25(17-9-5-2-6-10-17)14-15-7-3-1-4-8-15/h1-13H,14H2,(H,24,26). The van der Waals surface area contributed by atoms with Gasteiger partial charge in [0.2, 0.25) is 0 Å². The van der Waals surface area contributed by atoms with Crippen molar-refractivity contribution in [2.75, 3.05) is 10.2 Å². The van der Waals surface area contributed by atoms with Crippen molar-refractivity contribution in [3.05, 3.63) is 94.5 Å². The van der Waals surface area contributed by atoms with Crippen molar-refractivity contribution in [1.82, 2.24) is 0 Å². The summed E-state index contributed by atoms with van der Waals surface area (Å²) in [5.41, 5.74) is 1.95. The highest BCUT2D eigenvalue weighted by molar-refractivity contribution is 6.45. The molecule has 0 saturated heterocycles. The predicted octanol–water partition coefficient (Wildman–Crippen LogP) is 5.17. The SMILES string of the molecule is O=C(Nc1ccc(Cl)c(Cl)c1)C(=O)N(Cc1ccccc1)c1ccccc1. The van der Waals surface area contributed by atoms with Crippen LogP contribution < -0.4 is 10.2 Å². The maximum atomic E-state index is 12.9. The van der Waals surface area contributed by atoms with Gasteiger partial charge >= 0.3 is 11.8 Å². The molecule has 3 aromatic carbocycles. The molecule has 136 valence electrons. The second kappa shape index (κ2) is 8.71. The highest BCUT2D eigenvalue weighted by atomic mass is 35.5. The van der Waals surface area contributed by atoms with E-state index in [1.165, 1.54) is 11.0 Å². The van der Waals surface area contributed by atoms with E-state index in [1.54, 1.807) is 24.3 Å². The molecular weight excluding hydrogens is 383 g/mol. The topological polar surface area (TPSA) is 49.4 Å². The molecule has 0 atom stereocenters. The van der Waals surface area contributed by atoms with Gasteiger partial charge in [-0.2, -0.15) is 0 Å². The Morgan fingerprint density at radius 1 is 0.815 bits per heavy atom. The van der Waals surface area contributed by atoms with Crippen LogP contribution in [0.1, 0.15) is 5.56 Å². The summed E-state index contributed by atoms with van der Waals surface area (Å²) in [5, 5.41) is 3.24. The van der Waals surface area contributed by atoms with Gasteiger partial charge in [0.1, 0.15) is 0 Å². The van der Waals surface area contributed by atoms with Crippen molar-refractivity contribution in [2.24, 2.45) is 0 Å². The van der Waals surface area contributed by atoms with Crippen LogP contribution in [0.2, 0.25) is 10.0 Å². The third-order valence-corrected chi connectivity index (χ3v) is 4.61. The van der Waals surface area contributed by atoms with Gasteiger partial charge in [-0.3, -0.25) is 14.5 Å². The summed E-state index contributed by atoms with van der Waals surface area (Å²) in [4.78, 5) is 26.8. The molecular formula is C21H16Cl2N2O2.